The van der Waals surface area contributed by atoms with E-state index < -0.39 is 0 Å². The van der Waals surface area contributed by atoms with Crippen molar-refractivity contribution in [2.75, 3.05) is 24.1 Å². The number of nitrogens with zero attached hydrogens (tertiary/aromatic N) is 2. The SMILES string of the molecule is CC(=O)NCCNc1cc(OC(C)C)nc(N)n1. The van der Waals surface area contributed by atoms with E-state index in [1.807, 2.05) is 13.8 Å². The van der Waals surface area contributed by atoms with Gasteiger partial charge in [-0.3, -0.25) is 4.79 Å². The molecule has 1 heterocycles. The highest BCUT2D eigenvalue weighted by Gasteiger charge is 2.04. The maximum Gasteiger partial charge on any atom is 0.225 e. The molecule has 100 valence electrons. The van der Waals surface area contributed by atoms with Crippen LogP contribution >= 0.6 is 0 Å². The first-order valence-electron chi connectivity index (χ1n) is 5.77. The normalized spacial score (nSPS) is 10.2. The summed E-state index contributed by atoms with van der Waals surface area (Å²) in [4.78, 5) is 18.7. The van der Waals surface area contributed by atoms with E-state index in [1.165, 1.54) is 6.92 Å². The highest BCUT2D eigenvalue weighted by molar-refractivity contribution is 5.72. The van der Waals surface area contributed by atoms with Crippen molar-refractivity contribution in [3.8, 4) is 5.88 Å². The number of carbonyl (C=O) groups excluding carboxylic acids is 1. The molecule has 0 aromatic carbocycles. The van der Waals surface area contributed by atoms with Gasteiger partial charge in [0.25, 0.3) is 0 Å². The number of aromatic nitrogens is 2. The number of rotatable bonds is 6. The molecule has 0 spiro atoms. The first kappa shape index (κ1) is 14.0. The minimum Gasteiger partial charge on any atom is -0.475 e. The summed E-state index contributed by atoms with van der Waals surface area (Å²) in [5.74, 6) is 1.08. The summed E-state index contributed by atoms with van der Waals surface area (Å²) in [5.41, 5.74) is 5.58. The van der Waals surface area contributed by atoms with Crippen molar-refractivity contribution in [2.45, 2.75) is 26.9 Å². The summed E-state index contributed by atoms with van der Waals surface area (Å²) in [6, 6.07) is 1.67. The summed E-state index contributed by atoms with van der Waals surface area (Å²) < 4.78 is 5.44. The predicted molar refractivity (Wildman–Crippen MR) is 69.4 cm³/mol. The zero-order chi connectivity index (χ0) is 13.5. The van der Waals surface area contributed by atoms with Gasteiger partial charge in [-0.15, -0.1) is 0 Å². The third kappa shape index (κ3) is 5.33. The van der Waals surface area contributed by atoms with Crippen molar-refractivity contribution in [2.24, 2.45) is 0 Å². The van der Waals surface area contributed by atoms with Gasteiger partial charge in [-0.05, 0) is 13.8 Å². The molecule has 1 rings (SSSR count). The van der Waals surface area contributed by atoms with Gasteiger partial charge < -0.3 is 21.1 Å². The number of carbonyl (C=O) groups is 1. The van der Waals surface area contributed by atoms with Crippen LogP contribution in [-0.4, -0.2) is 35.1 Å². The van der Waals surface area contributed by atoms with Gasteiger partial charge in [0.1, 0.15) is 5.82 Å². The first-order chi connectivity index (χ1) is 8.47. The van der Waals surface area contributed by atoms with Crippen LogP contribution in [0.25, 0.3) is 0 Å². The van der Waals surface area contributed by atoms with Crippen molar-refractivity contribution >= 4 is 17.7 Å². The summed E-state index contributed by atoms with van der Waals surface area (Å²) in [6.07, 6.45) is 0.0199. The lowest BCUT2D eigenvalue weighted by atomic mass is 10.4. The molecule has 1 amide bonds. The molecule has 0 aliphatic carbocycles. The quantitative estimate of drug-likeness (QED) is 0.634. The Morgan fingerprint density at radius 3 is 2.78 bits per heavy atom. The van der Waals surface area contributed by atoms with E-state index in [4.69, 9.17) is 10.5 Å². The Balaban J connectivity index is 2.54. The third-order valence-electron chi connectivity index (χ3n) is 1.88. The molecule has 1 aromatic rings. The topological polar surface area (TPSA) is 102 Å². The molecule has 0 fully saturated rings. The minimum atomic E-state index is -0.0668. The Morgan fingerprint density at radius 2 is 2.17 bits per heavy atom. The smallest absolute Gasteiger partial charge is 0.225 e. The van der Waals surface area contributed by atoms with Gasteiger partial charge in [0.2, 0.25) is 17.7 Å². The molecule has 0 saturated carbocycles. The molecule has 7 nitrogen and oxygen atoms in total. The van der Waals surface area contributed by atoms with Gasteiger partial charge in [0.05, 0.1) is 6.10 Å². The largest absolute Gasteiger partial charge is 0.475 e. The molecule has 0 radical (unpaired) electrons. The van der Waals surface area contributed by atoms with E-state index in [0.29, 0.717) is 24.8 Å². The molecule has 0 aliphatic rings. The van der Waals surface area contributed by atoms with Crippen LogP contribution in [0.3, 0.4) is 0 Å². The van der Waals surface area contributed by atoms with Crippen molar-refractivity contribution in [1.82, 2.24) is 15.3 Å². The molecule has 0 saturated heterocycles. The van der Waals surface area contributed by atoms with Gasteiger partial charge in [0.15, 0.2) is 0 Å². The highest BCUT2D eigenvalue weighted by atomic mass is 16.5. The van der Waals surface area contributed by atoms with E-state index in [-0.39, 0.29) is 18.0 Å². The number of amides is 1. The van der Waals surface area contributed by atoms with E-state index in [1.54, 1.807) is 6.07 Å². The highest BCUT2D eigenvalue weighted by Crippen LogP contribution is 2.15. The van der Waals surface area contributed by atoms with Crippen LogP contribution in [0.4, 0.5) is 11.8 Å². The van der Waals surface area contributed by atoms with Crippen molar-refractivity contribution in [3.05, 3.63) is 6.07 Å². The van der Waals surface area contributed by atoms with Crippen LogP contribution < -0.4 is 21.1 Å². The third-order valence-corrected chi connectivity index (χ3v) is 1.88. The standard InChI is InChI=1S/C11H19N5O2/c1-7(2)18-10-6-9(15-11(12)16-10)14-5-4-13-8(3)17/h6-7H,4-5H2,1-3H3,(H,13,17)(H3,12,14,15,16). The Labute approximate surface area is 106 Å². The number of nitrogen functional groups attached to an aromatic ring is 1. The number of hydrogen-bond donors (Lipinski definition) is 3. The van der Waals surface area contributed by atoms with E-state index in [0.717, 1.165) is 0 Å². The van der Waals surface area contributed by atoms with Gasteiger partial charge in [-0.1, -0.05) is 0 Å². The van der Waals surface area contributed by atoms with Crippen LogP contribution in [0.5, 0.6) is 5.88 Å². The monoisotopic (exact) mass is 253 g/mol. The molecule has 18 heavy (non-hydrogen) atoms. The molecule has 7 heteroatoms. The predicted octanol–water partition coefficient (Wildman–Crippen LogP) is 0.394. The summed E-state index contributed by atoms with van der Waals surface area (Å²) >= 11 is 0. The molecule has 0 atom stereocenters. The lowest BCUT2D eigenvalue weighted by Crippen LogP contribution is -2.26. The number of nitrogens with one attached hydrogen (secondary N) is 2. The maximum atomic E-state index is 10.7. The number of ether oxygens (including phenoxy) is 1. The average molecular weight is 253 g/mol. The maximum absolute atomic E-state index is 10.7. The lowest BCUT2D eigenvalue weighted by molar-refractivity contribution is -0.118. The van der Waals surface area contributed by atoms with Gasteiger partial charge >= 0.3 is 0 Å². The van der Waals surface area contributed by atoms with Crippen molar-refractivity contribution in [3.63, 3.8) is 0 Å². The fourth-order valence-electron chi connectivity index (χ4n) is 1.26. The summed E-state index contributed by atoms with van der Waals surface area (Å²) in [7, 11) is 0. The summed E-state index contributed by atoms with van der Waals surface area (Å²) in [6.45, 7) is 6.35. The number of anilines is 2. The number of nitrogens with two attached hydrogens (primary N) is 1. The average Bonchev–Trinajstić information content (AvgIpc) is 2.22. The molecule has 4 N–H and O–H groups in total. The molecule has 0 bridgehead atoms. The van der Waals surface area contributed by atoms with Crippen LogP contribution in [0.2, 0.25) is 0 Å². The van der Waals surface area contributed by atoms with Crippen LogP contribution in [0, 0.1) is 0 Å². The second kappa shape index (κ2) is 6.63. The Morgan fingerprint density at radius 1 is 1.44 bits per heavy atom. The fourth-order valence-corrected chi connectivity index (χ4v) is 1.26. The molecule has 0 aliphatic heterocycles. The Bertz CT molecular complexity index is 408. The van der Waals surface area contributed by atoms with Gasteiger partial charge in [-0.2, -0.15) is 9.97 Å². The zero-order valence-electron chi connectivity index (χ0n) is 10.9. The number of hydrogen-bond acceptors (Lipinski definition) is 6. The van der Waals surface area contributed by atoms with Crippen molar-refractivity contribution < 1.29 is 9.53 Å². The van der Waals surface area contributed by atoms with Gasteiger partial charge in [-0.25, -0.2) is 0 Å². The molecular formula is C11H19N5O2. The lowest BCUT2D eigenvalue weighted by Gasteiger charge is -2.11. The van der Waals surface area contributed by atoms with Crippen LogP contribution in [0.15, 0.2) is 6.07 Å². The van der Waals surface area contributed by atoms with E-state index >= 15 is 0 Å². The van der Waals surface area contributed by atoms with Crippen LogP contribution in [0.1, 0.15) is 20.8 Å². The second-order valence-electron chi connectivity index (χ2n) is 4.03. The summed E-state index contributed by atoms with van der Waals surface area (Å²) in [5, 5.41) is 5.70. The molecule has 0 unspecified atom stereocenters. The second-order valence-corrected chi connectivity index (χ2v) is 4.03. The van der Waals surface area contributed by atoms with Crippen molar-refractivity contribution in [1.29, 1.82) is 0 Å². The Hall–Kier alpha value is -2.05. The minimum absolute atomic E-state index is 0.0199. The Kier molecular flexibility index (Phi) is 5.16. The zero-order valence-corrected chi connectivity index (χ0v) is 10.9. The molecule has 1 aromatic heterocycles. The van der Waals surface area contributed by atoms with Gasteiger partial charge in [0, 0.05) is 26.1 Å². The molecular weight excluding hydrogens is 234 g/mol. The fraction of sp³-hybridized carbons (Fsp3) is 0.545. The van der Waals surface area contributed by atoms with E-state index in [2.05, 4.69) is 20.6 Å². The first-order valence-corrected chi connectivity index (χ1v) is 5.77. The van der Waals surface area contributed by atoms with E-state index in [9.17, 15) is 4.79 Å². The van der Waals surface area contributed by atoms with Crippen LogP contribution in [-0.2, 0) is 4.79 Å².